The van der Waals surface area contributed by atoms with E-state index in [1.165, 1.54) is 0 Å². The monoisotopic (exact) mass is 281 g/mol. The van der Waals surface area contributed by atoms with Gasteiger partial charge in [0.25, 0.3) is 0 Å². The fourth-order valence-corrected chi connectivity index (χ4v) is 1.75. The zero-order valence-electron chi connectivity index (χ0n) is 12.3. The smallest absolute Gasteiger partial charge is 0.224 e. The van der Waals surface area contributed by atoms with Gasteiger partial charge < -0.3 is 19.9 Å². The third kappa shape index (κ3) is 5.19. The van der Waals surface area contributed by atoms with E-state index in [2.05, 4.69) is 5.32 Å². The third-order valence-corrected chi connectivity index (χ3v) is 2.99. The van der Waals surface area contributed by atoms with E-state index in [4.69, 9.17) is 9.47 Å². The summed E-state index contributed by atoms with van der Waals surface area (Å²) in [6.45, 7) is 4.22. The summed E-state index contributed by atoms with van der Waals surface area (Å²) in [5.74, 6) is 0.572. The number of benzene rings is 1. The van der Waals surface area contributed by atoms with Gasteiger partial charge in [-0.3, -0.25) is 4.79 Å². The first-order valence-electron chi connectivity index (χ1n) is 6.79. The lowest BCUT2D eigenvalue weighted by atomic mass is 10.1. The van der Waals surface area contributed by atoms with Crippen LogP contribution >= 0.6 is 0 Å². The van der Waals surface area contributed by atoms with Crippen LogP contribution in [0.4, 0.5) is 5.69 Å². The second kappa shape index (κ2) is 8.55. The summed E-state index contributed by atoms with van der Waals surface area (Å²) in [6, 6.07) is 5.24. The first-order chi connectivity index (χ1) is 9.60. The van der Waals surface area contributed by atoms with Gasteiger partial charge >= 0.3 is 0 Å². The Morgan fingerprint density at radius 1 is 1.45 bits per heavy atom. The Bertz CT molecular complexity index is 434. The molecule has 1 atom stereocenters. The van der Waals surface area contributed by atoms with E-state index in [1.54, 1.807) is 25.3 Å². The molecule has 1 unspecified atom stereocenters. The predicted octanol–water partition coefficient (Wildman–Crippen LogP) is 2.33. The average molecular weight is 281 g/mol. The predicted molar refractivity (Wildman–Crippen MR) is 77.9 cm³/mol. The molecule has 0 aromatic heterocycles. The van der Waals surface area contributed by atoms with Crippen LogP contribution < -0.4 is 10.1 Å². The molecule has 0 aliphatic rings. The Balaban J connectivity index is 2.61. The average Bonchev–Trinajstić information content (AvgIpc) is 2.46. The zero-order chi connectivity index (χ0) is 15.0. The number of nitrogens with one attached hydrogen (secondary N) is 1. The first kappa shape index (κ1) is 16.5. The van der Waals surface area contributed by atoms with Crippen molar-refractivity contribution in [3.8, 4) is 5.75 Å². The number of hydrogen-bond donors (Lipinski definition) is 2. The topological polar surface area (TPSA) is 67.8 Å². The highest BCUT2D eigenvalue weighted by Crippen LogP contribution is 2.23. The Hall–Kier alpha value is -1.59. The molecule has 0 saturated heterocycles. The molecule has 0 bridgehead atoms. The van der Waals surface area contributed by atoms with Crippen LogP contribution in [0, 0.1) is 0 Å². The lowest BCUT2D eigenvalue weighted by Gasteiger charge is -2.12. The maximum Gasteiger partial charge on any atom is 0.224 e. The van der Waals surface area contributed by atoms with Crippen molar-refractivity contribution in [3.05, 3.63) is 23.8 Å². The van der Waals surface area contributed by atoms with Gasteiger partial charge in [0.15, 0.2) is 0 Å². The highest BCUT2D eigenvalue weighted by molar-refractivity contribution is 5.90. The van der Waals surface area contributed by atoms with Gasteiger partial charge in [-0.1, -0.05) is 0 Å². The second-order valence-electron chi connectivity index (χ2n) is 4.55. The number of carbonyl (C=O) groups excluding carboxylic acids is 1. The molecule has 0 heterocycles. The summed E-state index contributed by atoms with van der Waals surface area (Å²) in [4.78, 5) is 11.8. The minimum atomic E-state index is -0.125. The Morgan fingerprint density at radius 3 is 2.80 bits per heavy atom. The van der Waals surface area contributed by atoms with E-state index in [1.807, 2.05) is 13.8 Å². The molecular formula is C15H23NO4. The molecule has 1 rings (SSSR count). The molecule has 5 heteroatoms. The van der Waals surface area contributed by atoms with Gasteiger partial charge in [0.2, 0.25) is 5.91 Å². The maximum absolute atomic E-state index is 11.8. The highest BCUT2D eigenvalue weighted by atomic mass is 16.5. The zero-order valence-corrected chi connectivity index (χ0v) is 12.3. The van der Waals surface area contributed by atoms with E-state index in [9.17, 15) is 9.90 Å². The van der Waals surface area contributed by atoms with E-state index in [-0.39, 0.29) is 18.6 Å². The summed E-state index contributed by atoms with van der Waals surface area (Å²) < 4.78 is 10.5. The largest absolute Gasteiger partial charge is 0.494 e. The highest BCUT2D eigenvalue weighted by Gasteiger charge is 2.08. The van der Waals surface area contributed by atoms with E-state index in [0.29, 0.717) is 36.4 Å². The lowest BCUT2D eigenvalue weighted by molar-refractivity contribution is -0.116. The minimum absolute atomic E-state index is 0.0640. The number of amides is 1. The van der Waals surface area contributed by atoms with Gasteiger partial charge in [-0.2, -0.15) is 0 Å². The lowest BCUT2D eigenvalue weighted by Crippen LogP contribution is -2.15. The van der Waals surface area contributed by atoms with Crippen LogP contribution in [-0.2, 0) is 16.1 Å². The molecule has 112 valence electrons. The number of anilines is 1. The van der Waals surface area contributed by atoms with Gasteiger partial charge in [-0.05, 0) is 38.5 Å². The summed E-state index contributed by atoms with van der Waals surface area (Å²) in [5, 5.41) is 12.1. The summed E-state index contributed by atoms with van der Waals surface area (Å²) >= 11 is 0. The molecule has 0 fully saturated rings. The Labute approximate surface area is 119 Å². The van der Waals surface area contributed by atoms with Crippen LogP contribution in [0.5, 0.6) is 5.75 Å². The molecule has 1 aromatic carbocycles. The van der Waals surface area contributed by atoms with Crippen LogP contribution in [0.1, 0.15) is 32.3 Å². The van der Waals surface area contributed by atoms with E-state index >= 15 is 0 Å². The molecule has 1 aromatic rings. The van der Waals surface area contributed by atoms with Crippen molar-refractivity contribution in [2.75, 3.05) is 19.0 Å². The molecule has 0 radical (unpaired) electrons. The summed E-state index contributed by atoms with van der Waals surface area (Å²) in [7, 11) is 1.63. The van der Waals surface area contributed by atoms with E-state index < -0.39 is 0 Å². The van der Waals surface area contributed by atoms with Crippen molar-refractivity contribution >= 4 is 11.6 Å². The van der Waals surface area contributed by atoms with Crippen LogP contribution in [0.15, 0.2) is 18.2 Å². The number of ether oxygens (including phenoxy) is 2. The first-order valence-corrected chi connectivity index (χ1v) is 6.79. The van der Waals surface area contributed by atoms with Crippen molar-refractivity contribution in [3.63, 3.8) is 0 Å². The van der Waals surface area contributed by atoms with Gasteiger partial charge in [-0.15, -0.1) is 0 Å². The minimum Gasteiger partial charge on any atom is -0.494 e. The standard InChI is InChI=1S/C15H23NO4/c1-4-20-14-7-6-13(9-12(14)10-17)16-15(18)8-5-11(2)19-3/h6-7,9,11,17H,4-5,8,10H2,1-3H3,(H,16,18). The number of carbonyl (C=O) groups is 1. The van der Waals surface area contributed by atoms with Crippen LogP contribution in [0.3, 0.4) is 0 Å². The molecule has 0 saturated carbocycles. The Kier molecular flexibility index (Phi) is 7.04. The molecule has 0 spiro atoms. The van der Waals surface area contributed by atoms with Crippen LogP contribution in [-0.4, -0.2) is 30.8 Å². The maximum atomic E-state index is 11.8. The van der Waals surface area contributed by atoms with Crippen LogP contribution in [0.25, 0.3) is 0 Å². The summed E-state index contributed by atoms with van der Waals surface area (Å²) in [5.41, 5.74) is 1.32. The van der Waals surface area contributed by atoms with Gasteiger partial charge in [-0.25, -0.2) is 0 Å². The number of methoxy groups -OCH3 is 1. The van der Waals surface area contributed by atoms with Crippen molar-refractivity contribution < 1.29 is 19.4 Å². The molecule has 0 aliphatic heterocycles. The molecule has 0 aliphatic carbocycles. The molecule has 2 N–H and O–H groups in total. The normalized spacial score (nSPS) is 12.0. The molecular weight excluding hydrogens is 258 g/mol. The molecule has 1 amide bonds. The van der Waals surface area contributed by atoms with Gasteiger partial charge in [0.05, 0.1) is 19.3 Å². The quantitative estimate of drug-likeness (QED) is 0.767. The van der Waals surface area contributed by atoms with Crippen molar-refractivity contribution in [2.45, 2.75) is 39.4 Å². The number of aliphatic hydroxyl groups is 1. The third-order valence-electron chi connectivity index (χ3n) is 2.99. The van der Waals surface area contributed by atoms with Crippen molar-refractivity contribution in [1.29, 1.82) is 0 Å². The molecule has 20 heavy (non-hydrogen) atoms. The second-order valence-corrected chi connectivity index (χ2v) is 4.55. The SMILES string of the molecule is CCOc1ccc(NC(=O)CCC(C)OC)cc1CO. The van der Waals surface area contributed by atoms with Gasteiger partial charge in [0.1, 0.15) is 5.75 Å². The van der Waals surface area contributed by atoms with Crippen molar-refractivity contribution in [2.24, 2.45) is 0 Å². The van der Waals surface area contributed by atoms with E-state index in [0.717, 1.165) is 0 Å². The number of aliphatic hydroxyl groups excluding tert-OH is 1. The fourth-order valence-electron chi connectivity index (χ4n) is 1.75. The summed E-state index contributed by atoms with van der Waals surface area (Å²) in [6.07, 6.45) is 1.14. The molecule has 5 nitrogen and oxygen atoms in total. The van der Waals surface area contributed by atoms with Crippen LogP contribution in [0.2, 0.25) is 0 Å². The number of rotatable bonds is 8. The number of hydrogen-bond acceptors (Lipinski definition) is 4. The Morgan fingerprint density at radius 2 is 2.20 bits per heavy atom. The van der Waals surface area contributed by atoms with Gasteiger partial charge in [0, 0.05) is 24.8 Å². The van der Waals surface area contributed by atoms with Crippen molar-refractivity contribution in [1.82, 2.24) is 0 Å². The fraction of sp³-hybridized carbons (Fsp3) is 0.533.